The lowest BCUT2D eigenvalue weighted by molar-refractivity contribution is 0.102. The second kappa shape index (κ2) is 6.34. The average molecular weight is 321 g/mol. The second-order valence-electron chi connectivity index (χ2n) is 4.97. The average Bonchev–Trinajstić information content (AvgIpc) is 2.75. The predicted octanol–water partition coefficient (Wildman–Crippen LogP) is 4.67. The Labute approximate surface area is 133 Å². The number of hydrogen-bond acceptors (Lipinski definition) is 2. The molecule has 0 amide bonds. The first-order chi connectivity index (χ1) is 9.95. The molecular weight excluding hydrogens is 307 g/mol. The van der Waals surface area contributed by atoms with Crippen molar-refractivity contribution in [3.8, 4) is 6.07 Å². The highest BCUT2D eigenvalue weighted by molar-refractivity contribution is 6.35. The molecule has 5 heteroatoms. The first-order valence-corrected chi connectivity index (χ1v) is 7.28. The van der Waals surface area contributed by atoms with Crippen LogP contribution in [0.15, 0.2) is 30.3 Å². The van der Waals surface area contributed by atoms with Crippen molar-refractivity contribution in [1.29, 1.82) is 5.26 Å². The maximum atomic E-state index is 12.7. The molecule has 0 aliphatic heterocycles. The lowest BCUT2D eigenvalue weighted by atomic mass is 10.1. The minimum atomic E-state index is -0.194. The van der Waals surface area contributed by atoms with Gasteiger partial charge in [-0.25, -0.2) is 0 Å². The van der Waals surface area contributed by atoms with Gasteiger partial charge in [0.2, 0.25) is 5.78 Å². The zero-order chi connectivity index (χ0) is 15.6. The fourth-order valence-electron chi connectivity index (χ4n) is 2.33. The molecule has 0 atom stereocenters. The molecule has 0 aliphatic rings. The van der Waals surface area contributed by atoms with Crippen molar-refractivity contribution < 1.29 is 4.79 Å². The number of benzene rings is 1. The Bertz CT molecular complexity index is 726. The van der Waals surface area contributed by atoms with Gasteiger partial charge in [-0.05, 0) is 32.0 Å². The Morgan fingerprint density at radius 3 is 2.62 bits per heavy atom. The van der Waals surface area contributed by atoms with Gasteiger partial charge < -0.3 is 4.57 Å². The summed E-state index contributed by atoms with van der Waals surface area (Å²) in [5.74, 6) is -0.194. The largest absolute Gasteiger partial charge is 0.337 e. The van der Waals surface area contributed by atoms with Crippen LogP contribution in [-0.4, -0.2) is 10.4 Å². The van der Waals surface area contributed by atoms with Crippen molar-refractivity contribution in [3.63, 3.8) is 0 Å². The van der Waals surface area contributed by atoms with Gasteiger partial charge in [0.25, 0.3) is 0 Å². The molecular formula is C16H14Cl2N2O. The number of carbonyl (C=O) groups excluding carboxylic acids is 1. The minimum Gasteiger partial charge on any atom is -0.337 e. The van der Waals surface area contributed by atoms with Crippen LogP contribution in [0.2, 0.25) is 10.0 Å². The SMILES string of the molecule is CC(C)n1c(CC#N)cc(Cl)c1C(=O)c1cccc(Cl)c1. The number of hydrogen-bond donors (Lipinski definition) is 0. The number of nitriles is 1. The molecule has 1 aromatic carbocycles. The third-order valence-electron chi connectivity index (χ3n) is 3.15. The normalized spacial score (nSPS) is 10.7. The van der Waals surface area contributed by atoms with Crippen molar-refractivity contribution in [2.24, 2.45) is 0 Å². The first-order valence-electron chi connectivity index (χ1n) is 6.52. The van der Waals surface area contributed by atoms with Gasteiger partial charge in [-0.2, -0.15) is 5.26 Å². The van der Waals surface area contributed by atoms with E-state index in [1.165, 1.54) is 0 Å². The topological polar surface area (TPSA) is 45.8 Å². The highest BCUT2D eigenvalue weighted by Crippen LogP contribution is 2.28. The van der Waals surface area contributed by atoms with Crippen LogP contribution in [0.25, 0.3) is 0 Å². The van der Waals surface area contributed by atoms with E-state index >= 15 is 0 Å². The van der Waals surface area contributed by atoms with Crippen LogP contribution in [0.5, 0.6) is 0 Å². The number of carbonyl (C=O) groups is 1. The third kappa shape index (κ3) is 3.12. The van der Waals surface area contributed by atoms with Crippen LogP contribution in [-0.2, 0) is 6.42 Å². The quantitative estimate of drug-likeness (QED) is 0.768. The van der Waals surface area contributed by atoms with Gasteiger partial charge in [-0.15, -0.1) is 0 Å². The summed E-state index contributed by atoms with van der Waals surface area (Å²) in [6.45, 7) is 3.90. The van der Waals surface area contributed by atoms with E-state index in [-0.39, 0.29) is 18.2 Å². The van der Waals surface area contributed by atoms with E-state index in [4.69, 9.17) is 28.5 Å². The maximum absolute atomic E-state index is 12.7. The molecule has 3 nitrogen and oxygen atoms in total. The van der Waals surface area contributed by atoms with Crippen molar-refractivity contribution in [1.82, 2.24) is 4.57 Å². The highest BCUT2D eigenvalue weighted by atomic mass is 35.5. The molecule has 108 valence electrons. The van der Waals surface area contributed by atoms with Gasteiger partial charge in [0.05, 0.1) is 17.5 Å². The highest BCUT2D eigenvalue weighted by Gasteiger charge is 2.23. The van der Waals surface area contributed by atoms with Gasteiger partial charge >= 0.3 is 0 Å². The predicted molar refractivity (Wildman–Crippen MR) is 84.0 cm³/mol. The lowest BCUT2D eigenvalue weighted by Gasteiger charge is -2.15. The van der Waals surface area contributed by atoms with Crippen LogP contribution in [0.1, 0.15) is 41.6 Å². The number of nitrogens with zero attached hydrogens (tertiary/aromatic N) is 2. The monoisotopic (exact) mass is 320 g/mol. The standard InChI is InChI=1S/C16H14Cl2N2O/c1-10(2)20-13(6-7-19)9-14(18)15(20)16(21)11-4-3-5-12(17)8-11/h3-5,8-10H,6H2,1-2H3. The van der Waals surface area contributed by atoms with E-state index in [1.807, 2.05) is 18.4 Å². The van der Waals surface area contributed by atoms with Crippen molar-refractivity contribution in [2.75, 3.05) is 0 Å². The number of rotatable bonds is 4. The van der Waals surface area contributed by atoms with Gasteiger partial charge in [0.1, 0.15) is 5.69 Å². The number of ketones is 1. The molecule has 0 N–H and O–H groups in total. The van der Waals surface area contributed by atoms with Crippen molar-refractivity contribution >= 4 is 29.0 Å². The van der Waals surface area contributed by atoms with E-state index in [2.05, 4.69) is 6.07 Å². The molecule has 0 fully saturated rings. The van der Waals surface area contributed by atoms with E-state index in [0.717, 1.165) is 5.69 Å². The molecule has 1 heterocycles. The zero-order valence-electron chi connectivity index (χ0n) is 11.7. The number of halogens is 2. The summed E-state index contributed by atoms with van der Waals surface area (Å²) in [7, 11) is 0. The molecule has 0 saturated carbocycles. The van der Waals surface area contributed by atoms with Crippen LogP contribution >= 0.6 is 23.2 Å². The van der Waals surface area contributed by atoms with E-state index in [9.17, 15) is 4.79 Å². The van der Waals surface area contributed by atoms with Gasteiger partial charge in [-0.3, -0.25) is 4.79 Å². The van der Waals surface area contributed by atoms with Crippen LogP contribution in [0.4, 0.5) is 0 Å². The Balaban J connectivity index is 2.58. The molecule has 0 aliphatic carbocycles. The number of aromatic nitrogens is 1. The molecule has 0 saturated heterocycles. The lowest BCUT2D eigenvalue weighted by Crippen LogP contribution is -2.14. The summed E-state index contributed by atoms with van der Waals surface area (Å²) < 4.78 is 1.81. The molecule has 1 aromatic heterocycles. The Kier molecular flexibility index (Phi) is 4.72. The summed E-state index contributed by atoms with van der Waals surface area (Å²) in [4.78, 5) is 12.7. The van der Waals surface area contributed by atoms with Gasteiger partial charge in [0, 0.05) is 22.3 Å². The molecule has 0 bridgehead atoms. The molecule has 2 rings (SSSR count). The molecule has 21 heavy (non-hydrogen) atoms. The summed E-state index contributed by atoms with van der Waals surface area (Å²) >= 11 is 12.2. The second-order valence-corrected chi connectivity index (χ2v) is 5.81. The van der Waals surface area contributed by atoms with Gasteiger partial charge in [-0.1, -0.05) is 35.3 Å². The summed E-state index contributed by atoms with van der Waals surface area (Å²) in [6.07, 6.45) is 0.209. The fourth-order valence-corrected chi connectivity index (χ4v) is 2.83. The summed E-state index contributed by atoms with van der Waals surface area (Å²) in [6, 6.07) is 10.6. The van der Waals surface area contributed by atoms with Crippen LogP contribution in [0, 0.1) is 11.3 Å². The van der Waals surface area contributed by atoms with E-state index in [0.29, 0.717) is 21.3 Å². The Morgan fingerprint density at radius 2 is 2.05 bits per heavy atom. The van der Waals surface area contributed by atoms with Gasteiger partial charge in [0.15, 0.2) is 0 Å². The molecule has 0 spiro atoms. The maximum Gasteiger partial charge on any atom is 0.210 e. The third-order valence-corrected chi connectivity index (χ3v) is 3.67. The van der Waals surface area contributed by atoms with E-state index < -0.39 is 0 Å². The van der Waals surface area contributed by atoms with Crippen LogP contribution < -0.4 is 0 Å². The van der Waals surface area contributed by atoms with Crippen LogP contribution in [0.3, 0.4) is 0 Å². The molecule has 2 aromatic rings. The van der Waals surface area contributed by atoms with E-state index in [1.54, 1.807) is 30.3 Å². The van der Waals surface area contributed by atoms with Crippen molar-refractivity contribution in [3.05, 3.63) is 57.3 Å². The summed E-state index contributed by atoms with van der Waals surface area (Å²) in [5.41, 5.74) is 1.62. The Morgan fingerprint density at radius 1 is 1.33 bits per heavy atom. The molecule has 0 radical (unpaired) electrons. The van der Waals surface area contributed by atoms with Crippen molar-refractivity contribution in [2.45, 2.75) is 26.3 Å². The zero-order valence-corrected chi connectivity index (χ0v) is 13.2. The Hall–Kier alpha value is -1.76. The minimum absolute atomic E-state index is 0.0268. The first kappa shape index (κ1) is 15.6. The fraction of sp³-hybridized carbons (Fsp3) is 0.250. The molecule has 0 unspecified atom stereocenters. The summed E-state index contributed by atoms with van der Waals surface area (Å²) in [5, 5.41) is 9.77. The smallest absolute Gasteiger partial charge is 0.210 e.